The zero-order valence-corrected chi connectivity index (χ0v) is 13.3. The van der Waals surface area contributed by atoms with Crippen molar-refractivity contribution in [2.75, 3.05) is 19.6 Å². The number of nitrogens with zero attached hydrogens (tertiary/aromatic N) is 1. The first-order valence-electron chi connectivity index (χ1n) is 8.39. The highest BCUT2D eigenvalue weighted by Gasteiger charge is 2.39. The van der Waals surface area contributed by atoms with Gasteiger partial charge in [-0.2, -0.15) is 13.2 Å². The molecular formula is C16H29F3N2. The van der Waals surface area contributed by atoms with E-state index in [2.05, 4.69) is 19.2 Å². The van der Waals surface area contributed by atoms with Gasteiger partial charge in [-0.1, -0.05) is 33.1 Å². The van der Waals surface area contributed by atoms with Crippen molar-refractivity contribution in [2.24, 2.45) is 11.8 Å². The molecule has 5 heteroatoms. The topological polar surface area (TPSA) is 15.3 Å². The molecule has 2 aliphatic rings. The summed E-state index contributed by atoms with van der Waals surface area (Å²) in [7, 11) is 0. The fraction of sp³-hybridized carbons (Fsp3) is 1.00. The van der Waals surface area contributed by atoms with E-state index in [-0.39, 0.29) is 12.1 Å². The summed E-state index contributed by atoms with van der Waals surface area (Å²) >= 11 is 0. The van der Waals surface area contributed by atoms with Crippen LogP contribution >= 0.6 is 0 Å². The Morgan fingerprint density at radius 3 is 2.38 bits per heavy atom. The van der Waals surface area contributed by atoms with Crippen molar-refractivity contribution in [3.63, 3.8) is 0 Å². The first kappa shape index (κ1) is 17.1. The molecule has 124 valence electrons. The van der Waals surface area contributed by atoms with Crippen molar-refractivity contribution < 1.29 is 13.2 Å². The Bertz CT molecular complexity index is 311. The number of hydrogen-bond donors (Lipinski definition) is 1. The van der Waals surface area contributed by atoms with Crippen LogP contribution in [0, 0.1) is 11.8 Å². The van der Waals surface area contributed by atoms with E-state index in [0.717, 1.165) is 6.42 Å². The Hall–Kier alpha value is -0.290. The molecule has 0 aromatic rings. The summed E-state index contributed by atoms with van der Waals surface area (Å²) in [6.07, 6.45) is 2.84. The lowest BCUT2D eigenvalue weighted by atomic mass is 9.82. The van der Waals surface area contributed by atoms with Crippen molar-refractivity contribution in [3.8, 4) is 0 Å². The lowest BCUT2D eigenvalue weighted by molar-refractivity contribution is -0.155. The van der Waals surface area contributed by atoms with Crippen LogP contribution in [0.15, 0.2) is 0 Å². The second kappa shape index (κ2) is 7.32. The summed E-state index contributed by atoms with van der Waals surface area (Å²) in [5.41, 5.74) is 0. The van der Waals surface area contributed by atoms with Gasteiger partial charge >= 0.3 is 6.18 Å². The fourth-order valence-electron chi connectivity index (χ4n) is 3.94. The van der Waals surface area contributed by atoms with Crippen LogP contribution in [-0.2, 0) is 0 Å². The molecule has 2 rings (SSSR count). The number of halogens is 3. The monoisotopic (exact) mass is 306 g/mol. The van der Waals surface area contributed by atoms with Gasteiger partial charge in [0.2, 0.25) is 0 Å². The van der Waals surface area contributed by atoms with Crippen molar-refractivity contribution in [3.05, 3.63) is 0 Å². The molecule has 2 atom stereocenters. The maximum absolute atomic E-state index is 12.9. The summed E-state index contributed by atoms with van der Waals surface area (Å²) in [6.45, 7) is 4.67. The highest BCUT2D eigenvalue weighted by atomic mass is 19.4. The Morgan fingerprint density at radius 1 is 1.14 bits per heavy atom. The third kappa shape index (κ3) is 5.44. The molecule has 0 aromatic heterocycles. The summed E-state index contributed by atoms with van der Waals surface area (Å²) in [4.78, 5) is 1.69. The molecule has 21 heavy (non-hydrogen) atoms. The molecule has 2 nitrogen and oxygen atoms in total. The van der Waals surface area contributed by atoms with Crippen LogP contribution in [0.4, 0.5) is 13.2 Å². The van der Waals surface area contributed by atoms with Gasteiger partial charge in [-0.15, -0.1) is 0 Å². The van der Waals surface area contributed by atoms with E-state index in [1.165, 1.54) is 32.1 Å². The number of nitrogens with one attached hydrogen (secondary N) is 1. The first-order chi connectivity index (χ1) is 9.85. The van der Waals surface area contributed by atoms with Gasteiger partial charge in [0.1, 0.15) is 0 Å². The molecule has 0 amide bonds. The van der Waals surface area contributed by atoms with Crippen LogP contribution in [-0.4, -0.2) is 42.8 Å². The van der Waals surface area contributed by atoms with E-state index < -0.39 is 12.7 Å². The normalized spacial score (nSPS) is 30.0. The van der Waals surface area contributed by atoms with Crippen LogP contribution in [0.1, 0.15) is 52.4 Å². The molecule has 0 bridgehead atoms. The minimum absolute atomic E-state index is 0.0199. The maximum atomic E-state index is 12.9. The minimum atomic E-state index is -4.09. The molecule has 0 aromatic carbocycles. The Kier molecular flexibility index (Phi) is 5.95. The van der Waals surface area contributed by atoms with Gasteiger partial charge in [-0.25, -0.2) is 0 Å². The van der Waals surface area contributed by atoms with Crippen LogP contribution in [0.25, 0.3) is 0 Å². The molecule has 1 aliphatic heterocycles. The molecule has 2 unspecified atom stereocenters. The molecule has 0 radical (unpaired) electrons. The molecule has 2 fully saturated rings. The number of hydrogen-bond acceptors (Lipinski definition) is 2. The lowest BCUT2D eigenvalue weighted by Crippen LogP contribution is -2.60. The van der Waals surface area contributed by atoms with E-state index in [4.69, 9.17) is 0 Å². The standard InChI is InChI=1S/C16H29F3N2/c1-12(2)8-14-9-20-15(13-6-4-3-5-7-13)10-21(14)11-16(17,18)19/h12-15,20H,3-11H2,1-2H3. The van der Waals surface area contributed by atoms with Gasteiger partial charge < -0.3 is 5.32 Å². The second-order valence-electron chi connectivity index (χ2n) is 7.24. The van der Waals surface area contributed by atoms with Gasteiger partial charge in [0.05, 0.1) is 6.54 Å². The van der Waals surface area contributed by atoms with Crippen LogP contribution < -0.4 is 5.32 Å². The van der Waals surface area contributed by atoms with E-state index in [1.807, 2.05) is 0 Å². The zero-order chi connectivity index (χ0) is 15.5. The second-order valence-corrected chi connectivity index (χ2v) is 7.24. The van der Waals surface area contributed by atoms with Crippen LogP contribution in [0.2, 0.25) is 0 Å². The third-order valence-electron chi connectivity index (χ3n) is 4.91. The molecule has 1 aliphatic carbocycles. The summed E-state index contributed by atoms with van der Waals surface area (Å²) in [6, 6.07) is 0.266. The largest absolute Gasteiger partial charge is 0.401 e. The van der Waals surface area contributed by atoms with Crippen molar-refractivity contribution >= 4 is 0 Å². The van der Waals surface area contributed by atoms with E-state index in [1.54, 1.807) is 4.90 Å². The molecule has 1 saturated carbocycles. The van der Waals surface area contributed by atoms with Crippen LogP contribution in [0.5, 0.6) is 0 Å². The Balaban J connectivity index is 1.97. The number of alkyl halides is 3. The fourth-order valence-corrected chi connectivity index (χ4v) is 3.94. The van der Waals surface area contributed by atoms with Gasteiger partial charge in [-0.05, 0) is 31.1 Å². The predicted octanol–water partition coefficient (Wildman–Crippen LogP) is 3.82. The average molecular weight is 306 g/mol. The number of piperazine rings is 1. The summed E-state index contributed by atoms with van der Waals surface area (Å²) in [5.74, 6) is 0.994. The van der Waals surface area contributed by atoms with Gasteiger partial charge in [-0.3, -0.25) is 4.90 Å². The molecule has 0 spiro atoms. The number of rotatable bonds is 4. The quantitative estimate of drug-likeness (QED) is 0.849. The first-order valence-corrected chi connectivity index (χ1v) is 8.39. The smallest absolute Gasteiger partial charge is 0.311 e. The SMILES string of the molecule is CC(C)CC1CNC(C2CCCCC2)CN1CC(F)(F)F. The maximum Gasteiger partial charge on any atom is 0.401 e. The predicted molar refractivity (Wildman–Crippen MR) is 79.2 cm³/mol. The van der Waals surface area contributed by atoms with Gasteiger partial charge in [0.25, 0.3) is 0 Å². The van der Waals surface area contributed by atoms with Crippen LogP contribution in [0.3, 0.4) is 0 Å². The molecule has 1 N–H and O–H groups in total. The molecule has 1 heterocycles. The third-order valence-corrected chi connectivity index (χ3v) is 4.91. The highest BCUT2D eigenvalue weighted by molar-refractivity contribution is 4.91. The molecule has 1 saturated heterocycles. The lowest BCUT2D eigenvalue weighted by Gasteiger charge is -2.44. The van der Waals surface area contributed by atoms with Crippen molar-refractivity contribution in [1.29, 1.82) is 0 Å². The van der Waals surface area contributed by atoms with E-state index in [9.17, 15) is 13.2 Å². The van der Waals surface area contributed by atoms with Gasteiger partial charge in [0, 0.05) is 25.2 Å². The average Bonchev–Trinajstić information content (AvgIpc) is 2.39. The highest BCUT2D eigenvalue weighted by Crippen LogP contribution is 2.30. The molecular weight excluding hydrogens is 277 g/mol. The Labute approximate surface area is 126 Å². The zero-order valence-electron chi connectivity index (χ0n) is 13.3. The van der Waals surface area contributed by atoms with Crippen molar-refractivity contribution in [2.45, 2.75) is 70.6 Å². The van der Waals surface area contributed by atoms with E-state index in [0.29, 0.717) is 24.9 Å². The van der Waals surface area contributed by atoms with Gasteiger partial charge in [0.15, 0.2) is 0 Å². The summed E-state index contributed by atoms with van der Waals surface area (Å²) in [5, 5.41) is 3.55. The minimum Gasteiger partial charge on any atom is -0.311 e. The van der Waals surface area contributed by atoms with E-state index >= 15 is 0 Å². The van der Waals surface area contributed by atoms with Crippen molar-refractivity contribution in [1.82, 2.24) is 10.2 Å². The Morgan fingerprint density at radius 2 is 1.81 bits per heavy atom. The summed E-state index contributed by atoms with van der Waals surface area (Å²) < 4.78 is 38.6.